The highest BCUT2D eigenvalue weighted by Crippen LogP contribution is 2.34. The molecule has 0 aliphatic carbocycles. The second-order valence-electron chi connectivity index (χ2n) is 21.0. The van der Waals surface area contributed by atoms with Gasteiger partial charge in [-0.1, -0.05) is 38.1 Å². The van der Waals surface area contributed by atoms with Gasteiger partial charge in [0.1, 0.15) is 11.6 Å². The molecule has 516 valence electrons. The lowest BCUT2D eigenvalue weighted by atomic mass is 10.00. The Kier molecular flexibility index (Phi) is 40.5. The molecule has 0 aromatic heterocycles. The molecule has 2 aliphatic heterocycles. The molecule has 2 heterocycles. The molecule has 0 saturated carbocycles. The fourth-order valence-electron chi connectivity index (χ4n) is 8.93. The largest absolute Gasteiger partial charge is 0.481 e. The fourth-order valence-corrected chi connectivity index (χ4v) is 11.3. The number of nitrogens with one attached hydrogen (secondary N) is 1. The molecule has 28 nitrogen and oxygen atoms in total. The first kappa shape index (κ1) is 78.5. The summed E-state index contributed by atoms with van der Waals surface area (Å²) in [7, 11) is -8.58. The van der Waals surface area contributed by atoms with Crippen LogP contribution in [0.5, 0.6) is 0 Å². The number of carbonyl (C=O) groups excluding carboxylic acids is 3. The van der Waals surface area contributed by atoms with E-state index in [1.807, 2.05) is 43.0 Å². The van der Waals surface area contributed by atoms with Crippen LogP contribution in [0.25, 0.3) is 17.2 Å². The molecule has 2 aliphatic rings. The Morgan fingerprint density at radius 1 is 0.604 bits per heavy atom. The Labute approximate surface area is 535 Å². The molecule has 0 bridgehead atoms. The number of hydrogen-bond acceptors (Lipinski definition) is 23. The predicted molar refractivity (Wildman–Crippen MR) is 335 cm³/mol. The van der Waals surface area contributed by atoms with Crippen LogP contribution in [0.4, 0.5) is 5.69 Å². The van der Waals surface area contributed by atoms with E-state index in [-0.39, 0.29) is 82.0 Å². The first-order valence-electron chi connectivity index (χ1n) is 31.0. The Morgan fingerprint density at radius 2 is 1.02 bits per heavy atom. The number of amidine groups is 1. The number of Topliss-reactive ketones (excluding diaryl/α,β-unsaturated/α-hetero) is 1. The summed E-state index contributed by atoms with van der Waals surface area (Å²) in [6.07, 6.45) is 3.09. The molecule has 0 radical (unpaired) electrons. The summed E-state index contributed by atoms with van der Waals surface area (Å²) in [5, 5.41) is 11.2. The van der Waals surface area contributed by atoms with E-state index in [1.165, 1.54) is 10.4 Å². The molecule has 1 atom stereocenters. The van der Waals surface area contributed by atoms with E-state index in [4.69, 9.17) is 72.4 Å². The van der Waals surface area contributed by atoms with Gasteiger partial charge in [0.25, 0.3) is 10.1 Å². The minimum atomic E-state index is -4.63. The molecule has 1 saturated heterocycles. The summed E-state index contributed by atoms with van der Waals surface area (Å²) < 4.78 is 133. The van der Waals surface area contributed by atoms with E-state index >= 15 is 0 Å². The van der Waals surface area contributed by atoms with E-state index in [1.54, 1.807) is 18.2 Å². The predicted octanol–water partition coefficient (Wildman–Crippen LogP) is 3.06. The summed E-state index contributed by atoms with van der Waals surface area (Å²) in [6.45, 7) is 15.1. The zero-order valence-electron chi connectivity index (χ0n) is 52.8. The first-order chi connectivity index (χ1) is 44.0. The number of ketones is 1. The lowest BCUT2D eigenvalue weighted by Gasteiger charge is -2.38. The lowest BCUT2D eigenvalue weighted by Crippen LogP contribution is -2.54. The minimum Gasteiger partial charge on any atom is -0.481 e. The number of amides is 2. The van der Waals surface area contributed by atoms with E-state index in [9.17, 15) is 40.6 Å². The third kappa shape index (κ3) is 34.7. The van der Waals surface area contributed by atoms with Crippen molar-refractivity contribution >= 4 is 61.3 Å². The van der Waals surface area contributed by atoms with Crippen LogP contribution < -0.4 is 11.1 Å². The van der Waals surface area contributed by atoms with Gasteiger partial charge in [-0.3, -0.25) is 23.7 Å². The SMILES string of the molecule is CCCN(CCC)C(=O)C1=Cc2ccc(-c3cccc(S(=O)(=O)N4CC(CNC(=O)[C@@H](CC(=O)CCOCCOCCOCCOCCOCCOCCOCCOCCOCCOCCOCCOCCOCCC(=O)O)CS(=O)(=O)O)C4)c3)cc2N=C(N)C1. The molecule has 2 aromatic carbocycles. The van der Waals surface area contributed by atoms with Crippen LogP contribution >= 0.6 is 0 Å². The number of hydrogen-bond donors (Lipinski definition) is 4. The molecule has 0 spiro atoms. The average Bonchev–Trinajstić information content (AvgIpc) is 1.14. The Balaban J connectivity index is 0.932. The van der Waals surface area contributed by atoms with Crippen molar-refractivity contribution in [3.63, 3.8) is 0 Å². The molecular formula is C61H97N5O23S2. The standard InChI is InChI=1S/C61H97N5O23S2/c1-3-12-65(13-4-2)61(71)53-40-52-9-8-51(43-57(52)64-58(62)44-53)50-6-5-7-56(42-50)91(75,76)66-46-49(47-66)45-63-60(70)54(48-90(72,73)74)41-55(67)10-14-77-16-18-79-20-22-81-24-26-83-28-30-85-32-34-87-36-38-89-39-37-88-35-33-86-31-29-84-27-25-82-23-21-80-19-17-78-15-11-59(68)69/h5-9,40,42-43,49,54H,3-4,10-39,41,44-48H2,1-2H3,(H2,62,64)(H,63,70)(H,68,69)(H,72,73,74)/t54-/m0/s1. The summed E-state index contributed by atoms with van der Waals surface area (Å²) in [5.74, 6) is -4.51. The summed E-state index contributed by atoms with van der Waals surface area (Å²) in [5.41, 5.74) is 9.45. The third-order valence-corrected chi connectivity index (χ3v) is 16.2. The van der Waals surface area contributed by atoms with Gasteiger partial charge < -0.3 is 82.6 Å². The number of sulfonamides is 1. The normalized spacial score (nSPS) is 14.1. The zero-order chi connectivity index (χ0) is 65.8. The van der Waals surface area contributed by atoms with Gasteiger partial charge in [-0.15, -0.1) is 0 Å². The second kappa shape index (κ2) is 47.0. The number of nitrogens with zero attached hydrogens (tertiary/aromatic N) is 3. The van der Waals surface area contributed by atoms with Gasteiger partial charge in [0, 0.05) is 69.0 Å². The third-order valence-electron chi connectivity index (χ3n) is 13.5. The highest BCUT2D eigenvalue weighted by molar-refractivity contribution is 7.89. The zero-order valence-corrected chi connectivity index (χ0v) is 54.5. The number of rotatable bonds is 57. The van der Waals surface area contributed by atoms with Crippen molar-refractivity contribution in [3.8, 4) is 11.1 Å². The van der Waals surface area contributed by atoms with Gasteiger partial charge in [-0.2, -0.15) is 12.7 Å². The van der Waals surface area contributed by atoms with Crippen molar-refractivity contribution in [2.75, 3.05) is 210 Å². The van der Waals surface area contributed by atoms with E-state index in [2.05, 4.69) is 10.3 Å². The van der Waals surface area contributed by atoms with Gasteiger partial charge in [0.2, 0.25) is 21.8 Å². The van der Waals surface area contributed by atoms with Crippen molar-refractivity contribution in [3.05, 3.63) is 53.6 Å². The maximum absolute atomic E-state index is 13.8. The minimum absolute atomic E-state index is 0.00129. The van der Waals surface area contributed by atoms with Crippen LogP contribution in [0.15, 0.2) is 57.9 Å². The highest BCUT2D eigenvalue weighted by Gasteiger charge is 2.38. The number of carboxylic acid groups (broad SMARTS) is 1. The summed E-state index contributed by atoms with van der Waals surface area (Å²) >= 11 is 0. The lowest BCUT2D eigenvalue weighted by molar-refractivity contribution is -0.138. The molecule has 30 heteroatoms. The fraction of sp³-hybridized carbons (Fsp3) is 0.689. The number of aliphatic imine (C=N–C) groups is 1. The van der Waals surface area contributed by atoms with Crippen LogP contribution in [0.1, 0.15) is 57.9 Å². The Morgan fingerprint density at radius 3 is 1.44 bits per heavy atom. The highest BCUT2D eigenvalue weighted by atomic mass is 32.2. The topological polar surface area (TPSA) is 354 Å². The quantitative estimate of drug-likeness (QED) is 0.0546. The monoisotopic (exact) mass is 1330 g/mol. The van der Waals surface area contributed by atoms with Crippen molar-refractivity contribution in [1.82, 2.24) is 14.5 Å². The van der Waals surface area contributed by atoms with Gasteiger partial charge >= 0.3 is 5.97 Å². The number of ether oxygens (including phenoxy) is 13. The number of carbonyl (C=O) groups is 4. The average molecular weight is 1330 g/mol. The van der Waals surface area contributed by atoms with Gasteiger partial charge in [0.05, 0.1) is 200 Å². The van der Waals surface area contributed by atoms with Crippen molar-refractivity contribution in [2.24, 2.45) is 22.6 Å². The van der Waals surface area contributed by atoms with Crippen LogP contribution in [0.3, 0.4) is 0 Å². The maximum Gasteiger partial charge on any atom is 0.305 e. The second-order valence-corrected chi connectivity index (χ2v) is 24.5. The number of fused-ring (bicyclic) bond motifs is 1. The van der Waals surface area contributed by atoms with Gasteiger partial charge in [-0.05, 0) is 48.2 Å². The molecule has 2 aromatic rings. The molecule has 5 N–H and O–H groups in total. The van der Waals surface area contributed by atoms with E-state index in [0.717, 1.165) is 18.4 Å². The summed E-state index contributed by atoms with van der Waals surface area (Å²) in [4.78, 5) is 56.3. The number of nitrogens with two attached hydrogens (primary N) is 1. The van der Waals surface area contributed by atoms with Crippen molar-refractivity contribution in [2.45, 2.75) is 57.3 Å². The molecule has 0 unspecified atom stereocenters. The smallest absolute Gasteiger partial charge is 0.305 e. The van der Waals surface area contributed by atoms with Crippen LogP contribution in [0.2, 0.25) is 0 Å². The molecule has 1 fully saturated rings. The molecule has 91 heavy (non-hydrogen) atoms. The molecule has 4 rings (SSSR count). The van der Waals surface area contributed by atoms with E-state index < -0.39 is 55.9 Å². The first-order valence-corrected chi connectivity index (χ1v) is 34.1. The Bertz CT molecular complexity index is 2690. The number of carboxylic acids is 1. The Hall–Kier alpha value is -4.97. The van der Waals surface area contributed by atoms with Crippen LogP contribution in [0, 0.1) is 11.8 Å². The van der Waals surface area contributed by atoms with Gasteiger partial charge in [0.15, 0.2) is 0 Å². The number of aliphatic carboxylic acids is 1. The number of benzene rings is 2. The molecular weight excluding hydrogens is 1230 g/mol. The summed E-state index contributed by atoms with van der Waals surface area (Å²) in [6, 6.07) is 12.0. The maximum atomic E-state index is 13.8. The van der Waals surface area contributed by atoms with Crippen LogP contribution in [-0.2, 0) is 101 Å². The van der Waals surface area contributed by atoms with Crippen LogP contribution in [-0.4, -0.2) is 275 Å². The van der Waals surface area contributed by atoms with Crippen molar-refractivity contribution in [1.29, 1.82) is 0 Å². The van der Waals surface area contributed by atoms with E-state index in [0.29, 0.717) is 187 Å². The molecule has 2 amide bonds. The van der Waals surface area contributed by atoms with Gasteiger partial charge in [-0.25, -0.2) is 13.4 Å². The van der Waals surface area contributed by atoms with Crippen molar-refractivity contribution < 1.29 is 107 Å².